The highest BCUT2D eigenvalue weighted by molar-refractivity contribution is 6.29. The molecule has 1 atom stereocenters. The Morgan fingerprint density at radius 2 is 2.33 bits per heavy atom. The van der Waals surface area contributed by atoms with Crippen LogP contribution in [0.4, 0.5) is 0 Å². The third-order valence-electron chi connectivity index (χ3n) is 3.48. The molecule has 5 nitrogen and oxygen atoms in total. The van der Waals surface area contributed by atoms with E-state index < -0.39 is 6.04 Å². The number of hydrogen-bond acceptors (Lipinski definition) is 3. The summed E-state index contributed by atoms with van der Waals surface area (Å²) in [5, 5.41) is 3.15. The van der Waals surface area contributed by atoms with Crippen LogP contribution in [0.15, 0.2) is 18.3 Å². The summed E-state index contributed by atoms with van der Waals surface area (Å²) in [6.45, 7) is 5.26. The zero-order valence-electron chi connectivity index (χ0n) is 12.3. The minimum Gasteiger partial charge on any atom is -0.354 e. The van der Waals surface area contributed by atoms with Gasteiger partial charge in [-0.25, -0.2) is 4.98 Å². The van der Waals surface area contributed by atoms with Crippen LogP contribution in [0.3, 0.4) is 0 Å². The van der Waals surface area contributed by atoms with Crippen LogP contribution in [0.5, 0.6) is 0 Å². The van der Waals surface area contributed by atoms with E-state index in [1.165, 1.54) is 6.20 Å². The highest BCUT2D eigenvalue weighted by atomic mass is 35.5. The van der Waals surface area contributed by atoms with Crippen molar-refractivity contribution in [2.24, 2.45) is 5.92 Å². The molecule has 2 rings (SSSR count). The average Bonchev–Trinajstić information content (AvgIpc) is 2.60. The molecule has 0 spiro atoms. The lowest BCUT2D eigenvalue weighted by Gasteiger charge is -2.29. The van der Waals surface area contributed by atoms with Crippen LogP contribution in [-0.4, -0.2) is 40.8 Å². The Bertz CT molecular complexity index is 533. The Balaban J connectivity index is 2.27. The summed E-state index contributed by atoms with van der Waals surface area (Å²) in [6, 6.07) is 2.75. The van der Waals surface area contributed by atoms with Gasteiger partial charge in [0.15, 0.2) is 0 Å². The van der Waals surface area contributed by atoms with Gasteiger partial charge in [-0.3, -0.25) is 9.59 Å². The molecule has 21 heavy (non-hydrogen) atoms. The van der Waals surface area contributed by atoms with Gasteiger partial charge in [-0.15, -0.1) is 0 Å². The van der Waals surface area contributed by atoms with Crippen LogP contribution in [0.1, 0.15) is 37.0 Å². The molecule has 1 saturated heterocycles. The van der Waals surface area contributed by atoms with Gasteiger partial charge >= 0.3 is 0 Å². The minimum atomic E-state index is -0.424. The van der Waals surface area contributed by atoms with E-state index in [0.29, 0.717) is 31.0 Å². The number of pyridine rings is 1. The van der Waals surface area contributed by atoms with Gasteiger partial charge in [-0.1, -0.05) is 25.4 Å². The summed E-state index contributed by atoms with van der Waals surface area (Å²) in [6.07, 6.45) is 2.91. The second-order valence-corrected chi connectivity index (χ2v) is 6.04. The molecule has 0 aliphatic carbocycles. The van der Waals surface area contributed by atoms with Gasteiger partial charge in [0, 0.05) is 24.8 Å². The quantitative estimate of drug-likeness (QED) is 0.870. The lowest BCUT2D eigenvalue weighted by atomic mass is 10.0. The fourth-order valence-electron chi connectivity index (χ4n) is 2.50. The van der Waals surface area contributed by atoms with Crippen LogP contribution in [-0.2, 0) is 4.79 Å². The van der Waals surface area contributed by atoms with E-state index in [-0.39, 0.29) is 17.0 Å². The molecule has 0 aromatic carbocycles. The number of hydrogen-bond donors (Lipinski definition) is 1. The summed E-state index contributed by atoms with van der Waals surface area (Å²) < 4.78 is 0. The number of amides is 2. The van der Waals surface area contributed by atoms with Crippen molar-refractivity contribution in [1.82, 2.24) is 15.2 Å². The number of carbonyl (C=O) groups is 2. The highest BCUT2D eigenvalue weighted by Crippen LogP contribution is 2.18. The number of nitrogens with zero attached hydrogens (tertiary/aromatic N) is 2. The highest BCUT2D eigenvalue weighted by Gasteiger charge is 2.32. The van der Waals surface area contributed by atoms with Crippen LogP contribution < -0.4 is 5.32 Å². The predicted octanol–water partition coefficient (Wildman–Crippen LogP) is 2.11. The zero-order valence-corrected chi connectivity index (χ0v) is 13.1. The van der Waals surface area contributed by atoms with Crippen molar-refractivity contribution in [2.75, 3.05) is 13.1 Å². The number of rotatable bonds is 3. The second kappa shape index (κ2) is 6.89. The van der Waals surface area contributed by atoms with E-state index in [1.54, 1.807) is 17.0 Å². The molecular weight excluding hydrogens is 290 g/mol. The monoisotopic (exact) mass is 309 g/mol. The van der Waals surface area contributed by atoms with Crippen molar-refractivity contribution in [3.8, 4) is 0 Å². The van der Waals surface area contributed by atoms with Gasteiger partial charge in [0.05, 0.1) is 0 Å². The van der Waals surface area contributed by atoms with Gasteiger partial charge < -0.3 is 10.2 Å². The van der Waals surface area contributed by atoms with Crippen LogP contribution in [0.25, 0.3) is 0 Å². The smallest absolute Gasteiger partial charge is 0.254 e. The lowest BCUT2D eigenvalue weighted by Crippen LogP contribution is -2.47. The van der Waals surface area contributed by atoms with E-state index >= 15 is 0 Å². The maximum atomic E-state index is 12.7. The molecule has 1 N–H and O–H groups in total. The van der Waals surface area contributed by atoms with Gasteiger partial charge in [0.1, 0.15) is 11.2 Å². The average molecular weight is 310 g/mol. The van der Waals surface area contributed by atoms with Crippen molar-refractivity contribution in [3.63, 3.8) is 0 Å². The molecule has 2 amide bonds. The molecule has 2 heterocycles. The summed E-state index contributed by atoms with van der Waals surface area (Å²) in [7, 11) is 0. The molecule has 114 valence electrons. The Morgan fingerprint density at radius 3 is 3.00 bits per heavy atom. The standard InChI is InChI=1S/C15H20ClN3O2/c1-10(2)8-12-14(20)18-5-3-7-19(12)15(21)11-4-6-17-13(16)9-11/h4,6,9-10,12H,3,5,7-8H2,1-2H3,(H,18,20)/t12-/m0/s1. The van der Waals surface area contributed by atoms with E-state index in [2.05, 4.69) is 10.3 Å². The first kappa shape index (κ1) is 15.8. The topological polar surface area (TPSA) is 62.3 Å². The molecule has 0 unspecified atom stereocenters. The first-order chi connectivity index (χ1) is 9.99. The van der Waals surface area contributed by atoms with E-state index in [4.69, 9.17) is 11.6 Å². The minimum absolute atomic E-state index is 0.0743. The summed E-state index contributed by atoms with van der Waals surface area (Å²) >= 11 is 5.85. The zero-order chi connectivity index (χ0) is 15.4. The molecule has 0 bridgehead atoms. The van der Waals surface area contributed by atoms with E-state index in [9.17, 15) is 9.59 Å². The number of aromatic nitrogens is 1. The Labute approximate surface area is 129 Å². The Kier molecular flexibility index (Phi) is 5.17. The molecule has 0 saturated carbocycles. The Morgan fingerprint density at radius 1 is 1.57 bits per heavy atom. The third kappa shape index (κ3) is 3.94. The van der Waals surface area contributed by atoms with E-state index in [0.717, 1.165) is 6.42 Å². The molecule has 1 fully saturated rings. The molecule has 1 aromatic heterocycles. The first-order valence-electron chi connectivity index (χ1n) is 7.19. The summed E-state index contributed by atoms with van der Waals surface area (Å²) in [5.41, 5.74) is 0.471. The first-order valence-corrected chi connectivity index (χ1v) is 7.57. The number of carbonyl (C=O) groups excluding carboxylic acids is 2. The SMILES string of the molecule is CC(C)C[C@H]1C(=O)NCCCN1C(=O)c1ccnc(Cl)c1. The normalized spacial score (nSPS) is 19.3. The van der Waals surface area contributed by atoms with Crippen LogP contribution >= 0.6 is 11.6 Å². The van der Waals surface area contributed by atoms with Crippen molar-refractivity contribution in [3.05, 3.63) is 29.0 Å². The number of halogens is 1. The molecule has 1 aliphatic heterocycles. The molecule has 6 heteroatoms. The largest absolute Gasteiger partial charge is 0.354 e. The van der Waals surface area contributed by atoms with Crippen LogP contribution in [0, 0.1) is 5.92 Å². The van der Waals surface area contributed by atoms with Crippen molar-refractivity contribution >= 4 is 23.4 Å². The fraction of sp³-hybridized carbons (Fsp3) is 0.533. The van der Waals surface area contributed by atoms with Crippen LogP contribution in [0.2, 0.25) is 5.15 Å². The van der Waals surface area contributed by atoms with Gasteiger partial charge in [-0.2, -0.15) is 0 Å². The van der Waals surface area contributed by atoms with E-state index in [1.807, 2.05) is 13.8 Å². The van der Waals surface area contributed by atoms with Gasteiger partial charge in [0.2, 0.25) is 5.91 Å². The number of nitrogens with one attached hydrogen (secondary N) is 1. The van der Waals surface area contributed by atoms with Crippen molar-refractivity contribution < 1.29 is 9.59 Å². The maximum Gasteiger partial charge on any atom is 0.254 e. The predicted molar refractivity (Wildman–Crippen MR) is 81.2 cm³/mol. The van der Waals surface area contributed by atoms with Crippen molar-refractivity contribution in [1.29, 1.82) is 0 Å². The second-order valence-electron chi connectivity index (χ2n) is 5.66. The summed E-state index contributed by atoms with van der Waals surface area (Å²) in [4.78, 5) is 30.5. The lowest BCUT2D eigenvalue weighted by molar-refractivity contribution is -0.125. The fourth-order valence-corrected chi connectivity index (χ4v) is 2.68. The molecule has 1 aliphatic rings. The van der Waals surface area contributed by atoms with Gasteiger partial charge in [-0.05, 0) is 30.9 Å². The third-order valence-corrected chi connectivity index (χ3v) is 3.69. The molecule has 0 radical (unpaired) electrons. The maximum absolute atomic E-state index is 12.7. The van der Waals surface area contributed by atoms with Crippen molar-refractivity contribution in [2.45, 2.75) is 32.7 Å². The summed E-state index contributed by atoms with van der Waals surface area (Å²) in [5.74, 6) is 0.0897. The Hall–Kier alpha value is -1.62. The molecule has 1 aromatic rings. The molecular formula is C15H20ClN3O2. The van der Waals surface area contributed by atoms with Gasteiger partial charge in [0.25, 0.3) is 5.91 Å².